The van der Waals surface area contributed by atoms with Crippen LogP contribution in [0.15, 0.2) is 55.1 Å². The number of para-hydroxylation sites is 2. The van der Waals surface area contributed by atoms with E-state index in [0.717, 1.165) is 5.69 Å². The molecule has 0 radical (unpaired) electrons. The molecule has 0 saturated heterocycles. The fourth-order valence-electron chi connectivity index (χ4n) is 3.81. The van der Waals surface area contributed by atoms with Crippen LogP contribution in [0.1, 0.15) is 101 Å². The summed E-state index contributed by atoms with van der Waals surface area (Å²) in [6.45, 7) is 17.6. The van der Waals surface area contributed by atoms with Crippen LogP contribution in [0.5, 0.6) is 0 Å². The molecular weight excluding hydrogens is 422 g/mol. The molecule has 2 N–H and O–H groups in total. The lowest BCUT2D eigenvalue weighted by molar-refractivity contribution is -0.122. The van der Waals surface area contributed by atoms with E-state index in [1.165, 1.54) is 27.9 Å². The van der Waals surface area contributed by atoms with Gasteiger partial charge in [0.25, 0.3) is 0 Å². The second-order valence-electron chi connectivity index (χ2n) is 9.50. The summed E-state index contributed by atoms with van der Waals surface area (Å²) in [5.74, 6) is 2.06. The SMILES string of the molecule is CC(C)c1cccc(C(C)C)c1-n1ccnc1.CC(C)c1cccc(C(C)C)c1N.O=CC=O. The molecule has 0 aliphatic carbocycles. The fourth-order valence-corrected chi connectivity index (χ4v) is 3.81. The first kappa shape index (κ1) is 28.8. The highest BCUT2D eigenvalue weighted by Crippen LogP contribution is 2.31. The maximum Gasteiger partial charge on any atom is 0.182 e. The minimum absolute atomic E-state index is 0.194. The van der Waals surface area contributed by atoms with Gasteiger partial charge in [0.05, 0.1) is 12.0 Å². The van der Waals surface area contributed by atoms with Crippen LogP contribution < -0.4 is 5.73 Å². The molecule has 0 saturated carbocycles. The molecule has 34 heavy (non-hydrogen) atoms. The van der Waals surface area contributed by atoms with E-state index in [1.54, 1.807) is 0 Å². The van der Waals surface area contributed by atoms with Gasteiger partial charge in [-0.1, -0.05) is 91.8 Å². The average molecular weight is 464 g/mol. The number of carbonyl (C=O) groups excluding carboxylic acids is 2. The van der Waals surface area contributed by atoms with Gasteiger partial charge < -0.3 is 10.3 Å². The van der Waals surface area contributed by atoms with Gasteiger partial charge in [-0.15, -0.1) is 0 Å². The number of benzene rings is 2. The van der Waals surface area contributed by atoms with Crippen molar-refractivity contribution in [1.82, 2.24) is 9.55 Å². The maximum absolute atomic E-state index is 8.81. The highest BCUT2D eigenvalue weighted by molar-refractivity contribution is 6.09. The van der Waals surface area contributed by atoms with Crippen molar-refractivity contribution in [3.05, 3.63) is 77.4 Å². The van der Waals surface area contributed by atoms with E-state index in [2.05, 4.69) is 101 Å². The van der Waals surface area contributed by atoms with E-state index < -0.39 is 0 Å². The van der Waals surface area contributed by atoms with Gasteiger partial charge in [-0.3, -0.25) is 9.59 Å². The van der Waals surface area contributed by atoms with Gasteiger partial charge >= 0.3 is 0 Å². The topological polar surface area (TPSA) is 78.0 Å². The van der Waals surface area contributed by atoms with Gasteiger partial charge in [0.1, 0.15) is 0 Å². The Labute approximate surface area is 205 Å². The Morgan fingerprint density at radius 2 is 1.09 bits per heavy atom. The first-order valence-electron chi connectivity index (χ1n) is 11.9. The second-order valence-corrected chi connectivity index (χ2v) is 9.50. The molecule has 1 heterocycles. The van der Waals surface area contributed by atoms with Crippen LogP contribution in [0.4, 0.5) is 5.69 Å². The minimum atomic E-state index is 0.194. The number of rotatable bonds is 6. The second kappa shape index (κ2) is 14.1. The normalized spacial score (nSPS) is 10.6. The van der Waals surface area contributed by atoms with Crippen molar-refractivity contribution in [2.24, 2.45) is 0 Å². The number of hydrogen-bond donors (Lipinski definition) is 1. The third kappa shape index (κ3) is 7.98. The van der Waals surface area contributed by atoms with E-state index in [0.29, 0.717) is 23.7 Å². The Morgan fingerprint density at radius 3 is 1.38 bits per heavy atom. The summed E-state index contributed by atoms with van der Waals surface area (Å²) in [7, 11) is 0. The Balaban J connectivity index is 0.000000302. The molecule has 3 rings (SSSR count). The van der Waals surface area contributed by atoms with Crippen molar-refractivity contribution >= 4 is 18.3 Å². The zero-order valence-electron chi connectivity index (χ0n) is 21.9. The number of nitrogens with two attached hydrogens (primary N) is 1. The lowest BCUT2D eigenvalue weighted by Crippen LogP contribution is -2.05. The number of aldehydes is 2. The van der Waals surface area contributed by atoms with Gasteiger partial charge in [0.15, 0.2) is 12.6 Å². The highest BCUT2D eigenvalue weighted by Gasteiger charge is 2.14. The van der Waals surface area contributed by atoms with Crippen LogP contribution in [0.25, 0.3) is 5.69 Å². The van der Waals surface area contributed by atoms with Crippen LogP contribution in [0.3, 0.4) is 0 Å². The number of aromatic nitrogens is 2. The molecule has 2 aromatic carbocycles. The standard InChI is InChI=1S/C15H20N2.C12H19N.C2H2O2/c1-11(2)13-6-5-7-14(12(3)4)15(13)17-9-8-16-10-17;1-8(2)10-6-5-7-11(9(3)4)12(10)13;3-1-2-4/h5-12H,1-4H3;5-9H,13H2,1-4H3;1-2H. The molecule has 5 nitrogen and oxygen atoms in total. The number of hydrogen-bond acceptors (Lipinski definition) is 4. The highest BCUT2D eigenvalue weighted by atomic mass is 16.2. The maximum atomic E-state index is 8.81. The molecule has 1 aromatic heterocycles. The average Bonchev–Trinajstić information content (AvgIpc) is 3.33. The van der Waals surface area contributed by atoms with Crippen molar-refractivity contribution in [3.8, 4) is 5.69 Å². The lowest BCUT2D eigenvalue weighted by atomic mass is 9.92. The van der Waals surface area contributed by atoms with Crippen LogP contribution >= 0.6 is 0 Å². The van der Waals surface area contributed by atoms with Crippen LogP contribution in [0.2, 0.25) is 0 Å². The van der Waals surface area contributed by atoms with Crippen molar-refractivity contribution in [2.75, 3.05) is 5.73 Å². The van der Waals surface area contributed by atoms with Crippen LogP contribution in [-0.4, -0.2) is 22.1 Å². The lowest BCUT2D eigenvalue weighted by Gasteiger charge is -2.19. The monoisotopic (exact) mass is 463 g/mol. The molecule has 184 valence electrons. The van der Waals surface area contributed by atoms with E-state index in [-0.39, 0.29) is 12.6 Å². The van der Waals surface area contributed by atoms with Crippen LogP contribution in [-0.2, 0) is 9.59 Å². The summed E-state index contributed by atoms with van der Waals surface area (Å²) in [5.41, 5.74) is 13.7. The van der Waals surface area contributed by atoms with Gasteiger partial charge in [-0.25, -0.2) is 4.98 Å². The summed E-state index contributed by atoms with van der Waals surface area (Å²) >= 11 is 0. The van der Waals surface area contributed by atoms with Crippen LogP contribution in [0, 0.1) is 0 Å². The summed E-state index contributed by atoms with van der Waals surface area (Å²) in [6.07, 6.45) is 6.13. The predicted molar refractivity (Wildman–Crippen MR) is 143 cm³/mol. The van der Waals surface area contributed by atoms with Gasteiger partial charge in [-0.2, -0.15) is 0 Å². The van der Waals surface area contributed by atoms with Crippen molar-refractivity contribution in [2.45, 2.75) is 79.1 Å². The number of imidazole rings is 1. The molecule has 3 aromatic rings. The molecule has 0 aliphatic rings. The molecule has 0 bridgehead atoms. The minimum Gasteiger partial charge on any atom is -0.398 e. The summed E-state index contributed by atoms with van der Waals surface area (Å²) in [4.78, 5) is 21.8. The Morgan fingerprint density at radius 1 is 0.706 bits per heavy atom. The zero-order chi connectivity index (χ0) is 25.8. The molecule has 0 atom stereocenters. The predicted octanol–water partition coefficient (Wildman–Crippen LogP) is 7.02. The molecule has 0 fully saturated rings. The zero-order valence-corrected chi connectivity index (χ0v) is 21.9. The fraction of sp³-hybridized carbons (Fsp3) is 0.414. The van der Waals surface area contributed by atoms with E-state index in [9.17, 15) is 0 Å². The van der Waals surface area contributed by atoms with E-state index >= 15 is 0 Å². The number of carbonyl (C=O) groups is 2. The number of anilines is 1. The first-order chi connectivity index (χ1) is 16.1. The summed E-state index contributed by atoms with van der Waals surface area (Å²) < 4.78 is 2.13. The molecule has 0 amide bonds. The number of nitrogens with zero attached hydrogens (tertiary/aromatic N) is 2. The molecular formula is C29H41N3O2. The van der Waals surface area contributed by atoms with Gasteiger partial charge in [0.2, 0.25) is 0 Å². The van der Waals surface area contributed by atoms with Crippen molar-refractivity contribution in [3.63, 3.8) is 0 Å². The Kier molecular flexibility index (Phi) is 12.0. The van der Waals surface area contributed by atoms with E-state index in [4.69, 9.17) is 15.3 Å². The Bertz CT molecular complexity index is 961. The smallest absolute Gasteiger partial charge is 0.182 e. The largest absolute Gasteiger partial charge is 0.398 e. The molecule has 5 heteroatoms. The molecule has 0 unspecified atom stereocenters. The third-order valence-electron chi connectivity index (χ3n) is 5.58. The first-order valence-corrected chi connectivity index (χ1v) is 11.9. The van der Waals surface area contributed by atoms with Crippen molar-refractivity contribution in [1.29, 1.82) is 0 Å². The van der Waals surface area contributed by atoms with E-state index in [1.807, 2.05) is 18.7 Å². The quantitative estimate of drug-likeness (QED) is 0.242. The summed E-state index contributed by atoms with van der Waals surface area (Å²) in [5, 5.41) is 0. The summed E-state index contributed by atoms with van der Waals surface area (Å²) in [6, 6.07) is 12.9. The van der Waals surface area contributed by atoms with Gasteiger partial charge in [0, 0.05) is 18.1 Å². The Hall–Kier alpha value is -3.21. The third-order valence-corrected chi connectivity index (χ3v) is 5.58. The molecule has 0 aliphatic heterocycles. The van der Waals surface area contributed by atoms with Crippen molar-refractivity contribution < 1.29 is 9.59 Å². The molecule has 0 spiro atoms. The number of nitrogen functional groups attached to an aromatic ring is 1. The van der Waals surface area contributed by atoms with Gasteiger partial charge in [-0.05, 0) is 45.9 Å².